The number of ether oxygens (including phenoxy) is 3. The maximum absolute atomic E-state index is 9.59. The molecule has 0 unspecified atom stereocenters. The molecular weight excluding hydrogens is 538 g/mol. The number of pyridine rings is 1. The lowest BCUT2D eigenvalue weighted by molar-refractivity contribution is 0.105. The summed E-state index contributed by atoms with van der Waals surface area (Å²) >= 11 is 0. The number of aliphatic hydroxyl groups is 1. The average Bonchev–Trinajstić information content (AvgIpc) is 3.01. The lowest BCUT2D eigenvalue weighted by atomic mass is 9.87. The summed E-state index contributed by atoms with van der Waals surface area (Å²) in [6, 6.07) is 22.7. The second-order valence-electron chi connectivity index (χ2n) is 12.3. The zero-order chi connectivity index (χ0) is 30.2. The Labute approximate surface area is 255 Å². The van der Waals surface area contributed by atoms with E-state index in [1.165, 1.54) is 37.7 Å². The van der Waals surface area contributed by atoms with E-state index in [0.29, 0.717) is 36.4 Å². The number of aromatic nitrogens is 1. The molecule has 4 aromatic rings. The van der Waals surface area contributed by atoms with Crippen LogP contribution in [-0.4, -0.2) is 54.4 Å². The number of rotatable bonds is 12. The first-order chi connectivity index (χ1) is 20.8. The number of fused-ring (bicyclic) bond motifs is 1. The molecule has 7 nitrogen and oxygen atoms in total. The number of hydrogen-bond acceptors (Lipinski definition) is 7. The van der Waals surface area contributed by atoms with Crippen LogP contribution in [0.4, 0.5) is 11.4 Å². The molecular formula is C36H45N3O4. The molecule has 0 atom stereocenters. The topological polar surface area (TPSA) is 76.1 Å². The highest BCUT2D eigenvalue weighted by atomic mass is 16.5. The molecule has 2 N–H and O–H groups in total. The van der Waals surface area contributed by atoms with Crippen LogP contribution in [0, 0.1) is 0 Å². The Morgan fingerprint density at radius 2 is 1.56 bits per heavy atom. The predicted octanol–water partition coefficient (Wildman–Crippen LogP) is 8.08. The number of aliphatic hydroxyl groups excluding tert-OH is 1. The number of anilines is 2. The Balaban J connectivity index is 1.25. The molecule has 0 saturated heterocycles. The molecule has 0 bridgehead atoms. The third-order valence-electron chi connectivity index (χ3n) is 8.22. The third kappa shape index (κ3) is 7.98. The number of nitrogens with zero attached hydrogens (tertiary/aromatic N) is 2. The van der Waals surface area contributed by atoms with Crippen LogP contribution in [0.2, 0.25) is 0 Å². The summed E-state index contributed by atoms with van der Waals surface area (Å²) in [4.78, 5) is 6.94. The molecule has 0 aliphatic heterocycles. The molecule has 1 fully saturated rings. The van der Waals surface area contributed by atoms with Gasteiger partial charge >= 0.3 is 0 Å². The van der Waals surface area contributed by atoms with Crippen LogP contribution < -0.4 is 19.5 Å². The minimum atomic E-state index is 0.129. The van der Waals surface area contributed by atoms with Crippen molar-refractivity contribution < 1.29 is 19.3 Å². The molecule has 0 radical (unpaired) electrons. The molecule has 1 saturated carbocycles. The van der Waals surface area contributed by atoms with E-state index < -0.39 is 0 Å². The summed E-state index contributed by atoms with van der Waals surface area (Å²) in [7, 11) is 1.65. The number of nitrogens with one attached hydrogen (secondary N) is 1. The summed E-state index contributed by atoms with van der Waals surface area (Å²) in [6.07, 6.45) is 7.96. The van der Waals surface area contributed by atoms with Crippen LogP contribution in [0.25, 0.3) is 10.9 Å². The van der Waals surface area contributed by atoms with Gasteiger partial charge in [0.15, 0.2) is 11.5 Å². The van der Waals surface area contributed by atoms with E-state index in [9.17, 15) is 5.11 Å². The van der Waals surface area contributed by atoms with E-state index in [2.05, 4.69) is 60.2 Å². The minimum absolute atomic E-state index is 0.129. The molecule has 43 heavy (non-hydrogen) atoms. The van der Waals surface area contributed by atoms with E-state index >= 15 is 0 Å². The van der Waals surface area contributed by atoms with E-state index in [1.54, 1.807) is 13.3 Å². The van der Waals surface area contributed by atoms with E-state index in [0.717, 1.165) is 34.6 Å². The standard InChI is InChI=1S/C36H45N3O4/c1-36(2,3)26-10-12-27(13-11-26)38-28-14-16-30(17-15-28)43-33-18-19-37-32-25-35(34(41-4)24-31(32)33)42-23-21-39(20-22-40)29-8-6-5-7-9-29/h10-19,24-25,29,38,40H,5-9,20-23H2,1-4H3. The molecule has 1 aliphatic carbocycles. The van der Waals surface area contributed by atoms with Gasteiger partial charge in [-0.25, -0.2) is 0 Å². The van der Waals surface area contributed by atoms with E-state index in [4.69, 9.17) is 14.2 Å². The molecule has 1 aliphatic rings. The number of hydrogen-bond donors (Lipinski definition) is 2. The predicted molar refractivity (Wildman–Crippen MR) is 174 cm³/mol. The van der Waals surface area contributed by atoms with Crippen LogP contribution in [-0.2, 0) is 5.41 Å². The lowest BCUT2D eigenvalue weighted by Crippen LogP contribution is -2.41. The zero-order valence-corrected chi connectivity index (χ0v) is 25.9. The van der Waals surface area contributed by atoms with Gasteiger partial charge in [-0.3, -0.25) is 9.88 Å². The maximum atomic E-state index is 9.59. The van der Waals surface area contributed by atoms with Crippen molar-refractivity contribution in [2.75, 3.05) is 38.7 Å². The van der Waals surface area contributed by atoms with Gasteiger partial charge in [-0.05, 0) is 72.4 Å². The van der Waals surface area contributed by atoms with Crippen molar-refractivity contribution in [3.63, 3.8) is 0 Å². The SMILES string of the molecule is COc1cc2c(Oc3ccc(Nc4ccc(C(C)(C)C)cc4)cc3)ccnc2cc1OCCN(CCO)C1CCCCC1. The van der Waals surface area contributed by atoms with Gasteiger partial charge in [0.05, 0.1) is 19.2 Å². The molecule has 1 aromatic heterocycles. The van der Waals surface area contributed by atoms with Gasteiger partial charge in [0.1, 0.15) is 18.1 Å². The van der Waals surface area contributed by atoms with Crippen LogP contribution >= 0.6 is 0 Å². The normalized spacial score (nSPS) is 14.2. The average molecular weight is 584 g/mol. The van der Waals surface area contributed by atoms with Crippen molar-refractivity contribution in [3.05, 3.63) is 78.5 Å². The molecule has 0 amide bonds. The van der Waals surface area contributed by atoms with Crippen molar-refractivity contribution in [2.24, 2.45) is 0 Å². The van der Waals surface area contributed by atoms with Crippen molar-refractivity contribution >= 4 is 22.3 Å². The van der Waals surface area contributed by atoms with Gasteiger partial charge in [-0.15, -0.1) is 0 Å². The highest BCUT2D eigenvalue weighted by Gasteiger charge is 2.21. The Morgan fingerprint density at radius 3 is 2.21 bits per heavy atom. The Morgan fingerprint density at radius 1 is 0.860 bits per heavy atom. The number of benzene rings is 3. The molecule has 0 spiro atoms. The first-order valence-corrected chi connectivity index (χ1v) is 15.4. The van der Waals surface area contributed by atoms with Crippen molar-refractivity contribution in [1.29, 1.82) is 0 Å². The first kappa shape index (κ1) is 30.6. The van der Waals surface area contributed by atoms with Gasteiger partial charge in [-0.1, -0.05) is 52.2 Å². The van der Waals surface area contributed by atoms with Crippen LogP contribution in [0.1, 0.15) is 58.4 Å². The Bertz CT molecular complexity index is 1460. The van der Waals surface area contributed by atoms with Gasteiger partial charge in [-0.2, -0.15) is 0 Å². The zero-order valence-electron chi connectivity index (χ0n) is 25.9. The molecule has 3 aromatic carbocycles. The van der Waals surface area contributed by atoms with E-state index in [1.807, 2.05) is 42.5 Å². The Kier molecular flexibility index (Phi) is 10.1. The van der Waals surface area contributed by atoms with Gasteiger partial charge < -0.3 is 24.6 Å². The maximum Gasteiger partial charge on any atom is 0.163 e. The quantitative estimate of drug-likeness (QED) is 0.175. The molecule has 7 heteroatoms. The second kappa shape index (κ2) is 14.1. The van der Waals surface area contributed by atoms with Crippen molar-refractivity contribution in [3.8, 4) is 23.0 Å². The molecule has 228 valence electrons. The minimum Gasteiger partial charge on any atom is -0.493 e. The lowest BCUT2D eigenvalue weighted by Gasteiger charge is -2.33. The van der Waals surface area contributed by atoms with Crippen LogP contribution in [0.5, 0.6) is 23.0 Å². The van der Waals surface area contributed by atoms with Crippen molar-refractivity contribution in [2.45, 2.75) is 64.3 Å². The molecule has 5 rings (SSSR count). The van der Waals surface area contributed by atoms with Gasteiger partial charge in [0.25, 0.3) is 0 Å². The number of methoxy groups -OCH3 is 1. The highest BCUT2D eigenvalue weighted by molar-refractivity contribution is 5.88. The summed E-state index contributed by atoms with van der Waals surface area (Å²) in [5.41, 5.74) is 4.23. The monoisotopic (exact) mass is 583 g/mol. The summed E-state index contributed by atoms with van der Waals surface area (Å²) in [5.74, 6) is 2.71. The largest absolute Gasteiger partial charge is 0.493 e. The smallest absolute Gasteiger partial charge is 0.163 e. The first-order valence-electron chi connectivity index (χ1n) is 15.4. The summed E-state index contributed by atoms with van der Waals surface area (Å²) in [5, 5.41) is 13.9. The third-order valence-corrected chi connectivity index (χ3v) is 8.22. The second-order valence-corrected chi connectivity index (χ2v) is 12.3. The van der Waals surface area contributed by atoms with Gasteiger partial charge in [0, 0.05) is 48.2 Å². The van der Waals surface area contributed by atoms with Crippen LogP contribution in [0.3, 0.4) is 0 Å². The fourth-order valence-electron chi connectivity index (χ4n) is 5.77. The van der Waals surface area contributed by atoms with Crippen molar-refractivity contribution in [1.82, 2.24) is 9.88 Å². The highest BCUT2D eigenvalue weighted by Crippen LogP contribution is 2.37. The summed E-state index contributed by atoms with van der Waals surface area (Å²) in [6.45, 7) is 8.76. The Hall–Kier alpha value is -3.81. The van der Waals surface area contributed by atoms with E-state index in [-0.39, 0.29) is 12.0 Å². The van der Waals surface area contributed by atoms with Crippen LogP contribution in [0.15, 0.2) is 72.9 Å². The fourth-order valence-corrected chi connectivity index (χ4v) is 5.77. The molecule has 1 heterocycles. The van der Waals surface area contributed by atoms with Gasteiger partial charge in [0.2, 0.25) is 0 Å². The fraction of sp³-hybridized carbons (Fsp3) is 0.417. The summed E-state index contributed by atoms with van der Waals surface area (Å²) < 4.78 is 18.2.